The van der Waals surface area contributed by atoms with E-state index >= 15 is 0 Å². The Morgan fingerprint density at radius 1 is 0.444 bits per heavy atom. The average Bonchev–Trinajstić information content (AvgIpc) is 4.27. The topological polar surface area (TPSA) is 141 Å². The minimum Gasteiger partial charge on any atom is -0.343 e. The molecule has 0 N–H and O–H groups in total. The second kappa shape index (κ2) is 26.1. The van der Waals surface area contributed by atoms with Gasteiger partial charge in [0.05, 0.1) is 12.1 Å². The predicted octanol–water partition coefficient (Wildman–Crippen LogP) is 6.21. The van der Waals surface area contributed by atoms with Crippen LogP contribution in [0.5, 0.6) is 0 Å². The number of likely N-dealkylation sites (tertiary alicyclic amines) is 2. The van der Waals surface area contributed by atoms with Crippen LogP contribution in [0.2, 0.25) is 0 Å². The summed E-state index contributed by atoms with van der Waals surface area (Å²) in [6, 6.07) is 42.0. The van der Waals surface area contributed by atoms with E-state index in [1.807, 2.05) is 43.4 Å². The Kier molecular flexibility index (Phi) is 18.2. The molecule has 0 spiro atoms. The molecule has 4 fully saturated rings. The van der Waals surface area contributed by atoms with Crippen molar-refractivity contribution < 1.29 is 9.59 Å². The molecule has 2 amide bonds. The van der Waals surface area contributed by atoms with Gasteiger partial charge in [0.1, 0.15) is 0 Å². The number of nitrogens with zero attached hydrogens (tertiary/aromatic N) is 14. The minimum absolute atomic E-state index is 0.0108. The summed E-state index contributed by atoms with van der Waals surface area (Å²) in [4.78, 5) is 37.8. The van der Waals surface area contributed by atoms with Crippen LogP contribution in [0.15, 0.2) is 133 Å². The summed E-state index contributed by atoms with van der Waals surface area (Å²) in [6.07, 6.45) is 13.9. The van der Waals surface area contributed by atoms with E-state index in [2.05, 4.69) is 172 Å². The van der Waals surface area contributed by atoms with Gasteiger partial charge in [-0.3, -0.25) is 29.2 Å². The molecule has 4 aromatic carbocycles. The van der Waals surface area contributed by atoms with Crippen molar-refractivity contribution in [1.82, 2.24) is 69.8 Å². The van der Waals surface area contributed by atoms with Gasteiger partial charge in [0.15, 0.2) is 11.6 Å². The number of tetrazole rings is 2. The Bertz CT molecular complexity index is 2430. The Morgan fingerprint density at radius 3 is 1.18 bits per heavy atom. The molecule has 72 heavy (non-hydrogen) atoms. The van der Waals surface area contributed by atoms with Gasteiger partial charge in [0, 0.05) is 118 Å². The van der Waals surface area contributed by atoms with Gasteiger partial charge >= 0.3 is 0 Å². The number of amides is 2. The second-order valence-electron chi connectivity index (χ2n) is 19.1. The molecule has 6 aromatic rings. The lowest BCUT2D eigenvalue weighted by molar-refractivity contribution is -0.128. The van der Waals surface area contributed by atoms with E-state index in [4.69, 9.17) is 0 Å². The molecule has 0 aliphatic carbocycles. The van der Waals surface area contributed by atoms with E-state index in [-0.39, 0.29) is 23.9 Å². The van der Waals surface area contributed by atoms with Gasteiger partial charge in [-0.05, 0) is 68.8 Å². The largest absolute Gasteiger partial charge is 0.343 e. The lowest BCUT2D eigenvalue weighted by Crippen LogP contribution is -2.48. The van der Waals surface area contributed by atoms with Gasteiger partial charge in [0.25, 0.3) is 0 Å². The van der Waals surface area contributed by atoms with Gasteiger partial charge in [-0.25, -0.2) is 9.36 Å². The van der Waals surface area contributed by atoms with Crippen molar-refractivity contribution in [1.29, 1.82) is 0 Å². The molecule has 0 bridgehead atoms. The lowest BCUT2D eigenvalue weighted by Gasteiger charge is -2.38. The number of hydrogen-bond acceptors (Lipinski definition) is 12. The standard InChI is InChI=1S/2C28H35N7O/c2*36-26-15-8-17-33(26)18-9-19-35-28(29-30-31-35)27(25-13-5-2-6-14-25)34-22-20-32(21-23-34)16-7-12-24-10-3-1-4-11-24/h2*1-7,10-14,27H,8-9,15-23H2/b2*12-7+/t2*27-/m10/s1. The van der Waals surface area contributed by atoms with Crippen LogP contribution in [0.1, 0.15) is 84.5 Å². The van der Waals surface area contributed by atoms with Crippen molar-refractivity contribution in [3.8, 4) is 0 Å². The van der Waals surface area contributed by atoms with Crippen molar-refractivity contribution in [2.45, 2.75) is 63.7 Å². The molecule has 4 saturated heterocycles. The molecule has 2 aromatic heterocycles. The van der Waals surface area contributed by atoms with Crippen LogP contribution in [-0.4, -0.2) is 173 Å². The highest BCUT2D eigenvalue weighted by Gasteiger charge is 2.32. The van der Waals surface area contributed by atoms with Crippen LogP contribution in [0, 0.1) is 0 Å². The first-order valence-corrected chi connectivity index (χ1v) is 26.1. The quantitative estimate of drug-likeness (QED) is 0.0860. The number of carbonyl (C=O) groups excluding carboxylic acids is 2. The summed E-state index contributed by atoms with van der Waals surface area (Å²) < 4.78 is 3.88. The van der Waals surface area contributed by atoms with Crippen LogP contribution in [0.4, 0.5) is 0 Å². The average molecular weight is 971 g/mol. The summed E-state index contributed by atoms with van der Waals surface area (Å²) in [5.74, 6) is 2.30. The van der Waals surface area contributed by atoms with Gasteiger partial charge in [-0.2, -0.15) is 0 Å². The van der Waals surface area contributed by atoms with E-state index in [1.54, 1.807) is 0 Å². The highest BCUT2D eigenvalue weighted by atomic mass is 16.2. The molecular formula is C56H70N14O2. The van der Waals surface area contributed by atoms with Gasteiger partial charge < -0.3 is 9.80 Å². The summed E-state index contributed by atoms with van der Waals surface area (Å²) >= 11 is 0. The molecule has 0 radical (unpaired) electrons. The van der Waals surface area contributed by atoms with Crippen molar-refractivity contribution in [2.75, 3.05) is 91.6 Å². The first-order valence-electron chi connectivity index (χ1n) is 26.1. The van der Waals surface area contributed by atoms with E-state index in [0.29, 0.717) is 25.9 Å². The number of hydrogen-bond donors (Lipinski definition) is 0. The van der Waals surface area contributed by atoms with E-state index in [9.17, 15) is 9.59 Å². The van der Waals surface area contributed by atoms with Crippen molar-refractivity contribution in [2.24, 2.45) is 0 Å². The molecule has 0 unspecified atom stereocenters. The van der Waals surface area contributed by atoms with Gasteiger partial charge in [-0.15, -0.1) is 10.2 Å². The van der Waals surface area contributed by atoms with Crippen LogP contribution in [0.25, 0.3) is 12.2 Å². The summed E-state index contributed by atoms with van der Waals surface area (Å²) in [6.45, 7) is 14.4. The highest BCUT2D eigenvalue weighted by molar-refractivity contribution is 5.78. The minimum atomic E-state index is 0.0108. The number of benzene rings is 4. The summed E-state index contributed by atoms with van der Waals surface area (Å²) in [5.41, 5.74) is 4.89. The maximum Gasteiger partial charge on any atom is 0.222 e. The fourth-order valence-corrected chi connectivity index (χ4v) is 10.4. The number of rotatable bonds is 20. The van der Waals surface area contributed by atoms with E-state index in [1.165, 1.54) is 22.3 Å². The number of aryl methyl sites for hydroxylation is 2. The Labute approximate surface area is 424 Å². The first kappa shape index (κ1) is 50.2. The molecule has 16 heteroatoms. The molecule has 4 aliphatic rings. The SMILES string of the molecule is O=C1CCCN1CCCn1nnnc1[C@@H](c1ccccc1)N1CCN(C/C=C/c2ccccc2)CC1.O=C1CCCN1CCCn1nnnc1[C@H](c1ccccc1)N1CCN(C/C=C/c2ccccc2)CC1. The van der Waals surface area contributed by atoms with Gasteiger partial charge in [-0.1, -0.05) is 146 Å². The molecule has 376 valence electrons. The Morgan fingerprint density at radius 2 is 0.819 bits per heavy atom. The lowest BCUT2D eigenvalue weighted by atomic mass is 10.0. The number of aromatic nitrogens is 8. The van der Waals surface area contributed by atoms with Crippen LogP contribution < -0.4 is 0 Å². The van der Waals surface area contributed by atoms with Crippen molar-refractivity contribution in [3.63, 3.8) is 0 Å². The van der Waals surface area contributed by atoms with E-state index in [0.717, 1.165) is 129 Å². The fourth-order valence-electron chi connectivity index (χ4n) is 10.4. The third-order valence-electron chi connectivity index (χ3n) is 14.3. The Hall–Kier alpha value is -6.72. The molecule has 10 rings (SSSR count). The zero-order valence-electron chi connectivity index (χ0n) is 41.6. The van der Waals surface area contributed by atoms with Gasteiger partial charge in [0.2, 0.25) is 11.8 Å². The van der Waals surface area contributed by atoms with Crippen molar-refractivity contribution in [3.05, 3.63) is 167 Å². The van der Waals surface area contributed by atoms with Crippen LogP contribution in [-0.2, 0) is 22.7 Å². The zero-order valence-corrected chi connectivity index (χ0v) is 41.6. The third-order valence-corrected chi connectivity index (χ3v) is 14.3. The number of piperazine rings is 2. The van der Waals surface area contributed by atoms with E-state index < -0.39 is 0 Å². The predicted molar refractivity (Wildman–Crippen MR) is 280 cm³/mol. The number of carbonyl (C=O) groups is 2. The highest BCUT2D eigenvalue weighted by Crippen LogP contribution is 2.30. The third kappa shape index (κ3) is 13.8. The maximum absolute atomic E-state index is 12.0. The summed E-state index contributed by atoms with van der Waals surface area (Å²) in [7, 11) is 0. The Balaban J connectivity index is 0.000000178. The zero-order chi connectivity index (χ0) is 49.2. The second-order valence-corrected chi connectivity index (χ2v) is 19.1. The normalized spacial score (nSPS) is 18.3. The molecular weight excluding hydrogens is 901 g/mol. The smallest absolute Gasteiger partial charge is 0.222 e. The van der Waals surface area contributed by atoms with Crippen LogP contribution in [0.3, 0.4) is 0 Å². The molecule has 2 atom stereocenters. The molecule has 0 saturated carbocycles. The molecule has 16 nitrogen and oxygen atoms in total. The fraction of sp³-hybridized carbons (Fsp3) is 0.429. The molecule has 6 heterocycles. The van der Waals surface area contributed by atoms with Crippen molar-refractivity contribution >= 4 is 24.0 Å². The summed E-state index contributed by atoms with van der Waals surface area (Å²) in [5, 5.41) is 25.7. The first-order chi connectivity index (χ1) is 35.6. The van der Waals surface area contributed by atoms with Crippen LogP contribution >= 0.6 is 0 Å². The molecule has 4 aliphatic heterocycles. The monoisotopic (exact) mass is 971 g/mol. The maximum atomic E-state index is 12.0.